The van der Waals surface area contributed by atoms with E-state index in [1.807, 2.05) is 6.07 Å². The summed E-state index contributed by atoms with van der Waals surface area (Å²) in [5, 5.41) is 4.20. The number of nitrogen functional groups attached to an aromatic ring is 1. The maximum absolute atomic E-state index is 5.97. The average molecular weight is 275 g/mol. The molecule has 3 aromatic carbocycles. The Balaban J connectivity index is 2.14. The number of hydrogen-bond acceptors (Lipinski definition) is 1. The molecule has 0 fully saturated rings. The molecule has 0 unspecified atom stereocenters. The van der Waals surface area contributed by atoms with Crippen molar-refractivity contribution in [2.45, 2.75) is 0 Å². The summed E-state index contributed by atoms with van der Waals surface area (Å²) < 4.78 is 0. The van der Waals surface area contributed by atoms with E-state index in [0.717, 1.165) is 5.69 Å². The van der Waals surface area contributed by atoms with E-state index in [-0.39, 0.29) is 0 Å². The molecular weight excluding hydrogens is 258 g/mol. The monoisotopic (exact) mass is 275 g/mol. The molecule has 0 bridgehead atoms. The van der Waals surface area contributed by atoms with Crippen molar-refractivity contribution in [2.24, 2.45) is 0 Å². The summed E-state index contributed by atoms with van der Waals surface area (Å²) in [5.41, 5.74) is 6.81. The molecule has 98 valence electrons. The fourth-order valence-electron chi connectivity index (χ4n) is 2.61. The van der Waals surface area contributed by atoms with Crippen LogP contribution in [0.5, 0.6) is 0 Å². The molecule has 20 heavy (non-hydrogen) atoms. The zero-order valence-corrected chi connectivity index (χ0v) is 12.4. The van der Waals surface area contributed by atoms with E-state index in [4.69, 9.17) is 5.73 Å². The zero-order valence-electron chi connectivity index (χ0n) is 11.2. The second-order valence-electron chi connectivity index (χ2n) is 4.92. The molecule has 0 saturated heterocycles. The molecule has 0 atom stereocenters. The van der Waals surface area contributed by atoms with Gasteiger partial charge in [-0.25, -0.2) is 0 Å². The van der Waals surface area contributed by atoms with E-state index in [0.29, 0.717) is 0 Å². The number of rotatable bonds is 3. The maximum Gasteiger partial charge on any atom is 0.133 e. The number of benzene rings is 3. The third-order valence-corrected chi connectivity index (χ3v) is 6.64. The van der Waals surface area contributed by atoms with Crippen molar-refractivity contribution >= 4 is 30.0 Å². The first-order valence-electron chi connectivity index (χ1n) is 6.80. The van der Waals surface area contributed by atoms with Crippen LogP contribution in [0.25, 0.3) is 0 Å². The normalized spacial score (nSPS) is 10.7. The van der Waals surface area contributed by atoms with Crippen LogP contribution < -0.4 is 21.3 Å². The summed E-state index contributed by atoms with van der Waals surface area (Å²) in [6.07, 6.45) is 0. The molecule has 0 aliphatic rings. The average Bonchev–Trinajstić information content (AvgIpc) is 2.50. The van der Waals surface area contributed by atoms with Gasteiger partial charge in [0.25, 0.3) is 0 Å². The number of hydrogen-bond donors (Lipinski definition) is 1. The number of nitrogens with two attached hydrogens (primary N) is 1. The van der Waals surface area contributed by atoms with E-state index < -0.39 is 8.80 Å². The molecule has 0 amide bonds. The first-order chi connectivity index (χ1) is 9.84. The predicted molar refractivity (Wildman–Crippen MR) is 89.8 cm³/mol. The highest BCUT2D eigenvalue weighted by Crippen LogP contribution is 2.00. The minimum Gasteiger partial charge on any atom is -0.399 e. The van der Waals surface area contributed by atoms with Gasteiger partial charge in [-0.15, -0.1) is 0 Å². The van der Waals surface area contributed by atoms with Gasteiger partial charge in [-0.3, -0.25) is 0 Å². The summed E-state index contributed by atoms with van der Waals surface area (Å²) in [7, 11) is -1.42. The van der Waals surface area contributed by atoms with Gasteiger partial charge >= 0.3 is 0 Å². The van der Waals surface area contributed by atoms with Crippen LogP contribution in [-0.4, -0.2) is 8.80 Å². The molecule has 0 spiro atoms. The predicted octanol–water partition coefficient (Wildman–Crippen LogP) is 1.52. The third kappa shape index (κ3) is 2.65. The molecule has 2 N–H and O–H groups in total. The molecule has 3 aromatic rings. The van der Waals surface area contributed by atoms with Gasteiger partial charge in [0.2, 0.25) is 0 Å². The van der Waals surface area contributed by atoms with E-state index in [1.54, 1.807) is 0 Å². The molecule has 1 nitrogen and oxygen atoms in total. The Morgan fingerprint density at radius 1 is 0.550 bits per heavy atom. The molecule has 0 aromatic heterocycles. The lowest BCUT2D eigenvalue weighted by Gasteiger charge is -2.17. The van der Waals surface area contributed by atoms with E-state index in [1.165, 1.54) is 15.6 Å². The van der Waals surface area contributed by atoms with Crippen LogP contribution in [0, 0.1) is 0 Å². The van der Waals surface area contributed by atoms with Gasteiger partial charge < -0.3 is 5.73 Å². The first kappa shape index (κ1) is 12.7. The quantitative estimate of drug-likeness (QED) is 0.438. The lowest BCUT2D eigenvalue weighted by Crippen LogP contribution is -2.51. The third-order valence-electron chi connectivity index (χ3n) is 3.51. The fraction of sp³-hybridized carbons (Fsp3) is 0. The summed E-state index contributed by atoms with van der Waals surface area (Å²) in [6.45, 7) is 0. The molecule has 0 radical (unpaired) electrons. The van der Waals surface area contributed by atoms with E-state index >= 15 is 0 Å². The smallest absolute Gasteiger partial charge is 0.133 e. The Morgan fingerprint density at radius 3 is 1.55 bits per heavy atom. The summed E-state index contributed by atoms with van der Waals surface area (Å²) >= 11 is 0. The van der Waals surface area contributed by atoms with Crippen LogP contribution in [0.4, 0.5) is 5.69 Å². The van der Waals surface area contributed by atoms with Crippen molar-refractivity contribution in [2.75, 3.05) is 5.73 Å². The summed E-state index contributed by atoms with van der Waals surface area (Å²) in [5.74, 6) is 0. The highest BCUT2D eigenvalue weighted by molar-refractivity contribution is 6.95. The maximum atomic E-state index is 5.97. The lowest BCUT2D eigenvalue weighted by atomic mass is 10.3. The first-order valence-corrected chi connectivity index (χ1v) is 8.53. The Kier molecular flexibility index (Phi) is 3.66. The van der Waals surface area contributed by atoms with Gasteiger partial charge in [0.1, 0.15) is 8.80 Å². The van der Waals surface area contributed by atoms with Gasteiger partial charge in [-0.2, -0.15) is 0 Å². The molecule has 2 heteroatoms. The molecule has 0 aliphatic carbocycles. The molecule has 0 saturated carbocycles. The largest absolute Gasteiger partial charge is 0.399 e. The molecule has 0 aliphatic heterocycles. The Hall–Kier alpha value is -2.32. The van der Waals surface area contributed by atoms with Crippen molar-refractivity contribution in [3.8, 4) is 0 Å². The Bertz CT molecular complexity index is 641. The highest BCUT2D eigenvalue weighted by atomic mass is 28.3. The molecule has 3 rings (SSSR count). The molecular formula is C18H17NSi. The summed E-state index contributed by atoms with van der Waals surface area (Å²) in [6, 6.07) is 29.8. The topological polar surface area (TPSA) is 26.0 Å². The summed E-state index contributed by atoms with van der Waals surface area (Å²) in [4.78, 5) is 0. The van der Waals surface area contributed by atoms with Crippen molar-refractivity contribution < 1.29 is 0 Å². The van der Waals surface area contributed by atoms with Crippen LogP contribution in [0.15, 0.2) is 84.9 Å². The highest BCUT2D eigenvalue weighted by Gasteiger charge is 2.18. The van der Waals surface area contributed by atoms with Gasteiger partial charge in [0, 0.05) is 5.69 Å². The minimum atomic E-state index is -1.42. The zero-order chi connectivity index (χ0) is 13.8. The Labute approximate surface area is 121 Å². The van der Waals surface area contributed by atoms with Crippen molar-refractivity contribution in [1.82, 2.24) is 0 Å². The second-order valence-corrected chi connectivity index (χ2v) is 7.79. The van der Waals surface area contributed by atoms with Gasteiger partial charge in [0.15, 0.2) is 0 Å². The standard InChI is InChI=1S/C18H17NSi/c19-15-8-7-13-18(14-15)20(16-9-3-1-4-10-16)17-11-5-2-6-12-17/h1-14,20H,19H2. The minimum absolute atomic E-state index is 0.840. The second kappa shape index (κ2) is 5.76. The lowest BCUT2D eigenvalue weighted by molar-refractivity contribution is 1.70. The van der Waals surface area contributed by atoms with E-state index in [2.05, 4.69) is 78.9 Å². The van der Waals surface area contributed by atoms with E-state index in [9.17, 15) is 0 Å². The van der Waals surface area contributed by atoms with Crippen LogP contribution >= 0.6 is 0 Å². The fourth-order valence-corrected chi connectivity index (χ4v) is 5.64. The van der Waals surface area contributed by atoms with Gasteiger partial charge in [-0.1, -0.05) is 88.4 Å². The van der Waals surface area contributed by atoms with Crippen molar-refractivity contribution in [1.29, 1.82) is 0 Å². The van der Waals surface area contributed by atoms with Crippen LogP contribution in [0.2, 0.25) is 0 Å². The SMILES string of the molecule is Nc1cccc([SiH](c2ccccc2)c2ccccc2)c1. The van der Waals surface area contributed by atoms with Crippen LogP contribution in [-0.2, 0) is 0 Å². The van der Waals surface area contributed by atoms with Crippen molar-refractivity contribution in [3.63, 3.8) is 0 Å². The molecule has 0 heterocycles. The van der Waals surface area contributed by atoms with Crippen molar-refractivity contribution in [3.05, 3.63) is 84.9 Å². The van der Waals surface area contributed by atoms with Crippen LogP contribution in [0.3, 0.4) is 0 Å². The van der Waals surface area contributed by atoms with Gasteiger partial charge in [-0.05, 0) is 12.1 Å². The Morgan fingerprint density at radius 2 is 1.05 bits per heavy atom. The van der Waals surface area contributed by atoms with Crippen LogP contribution in [0.1, 0.15) is 0 Å². The number of anilines is 1. The van der Waals surface area contributed by atoms with Gasteiger partial charge in [0.05, 0.1) is 0 Å².